The predicted molar refractivity (Wildman–Crippen MR) is 91.9 cm³/mol. The van der Waals surface area contributed by atoms with Crippen LogP contribution in [-0.2, 0) is 0 Å². The zero-order chi connectivity index (χ0) is 16.4. The molecule has 5 heteroatoms. The smallest absolute Gasteiger partial charge is 0.124 e. The minimum atomic E-state index is -0.0261. The molecule has 4 nitrogen and oxygen atoms in total. The van der Waals surface area contributed by atoms with Gasteiger partial charge in [0.2, 0.25) is 0 Å². The van der Waals surface area contributed by atoms with Gasteiger partial charge < -0.3 is 9.84 Å². The van der Waals surface area contributed by atoms with Gasteiger partial charge in [0.1, 0.15) is 11.5 Å². The number of benzene rings is 2. The minimum Gasteiger partial charge on any atom is -0.507 e. The molecule has 0 saturated carbocycles. The van der Waals surface area contributed by atoms with Crippen molar-refractivity contribution in [1.82, 2.24) is 10.9 Å². The summed E-state index contributed by atoms with van der Waals surface area (Å²) in [5.74, 6) is 1.11. The highest BCUT2D eigenvalue weighted by atomic mass is 35.5. The van der Waals surface area contributed by atoms with E-state index in [2.05, 4.69) is 17.8 Å². The second kappa shape index (κ2) is 6.79. The summed E-state index contributed by atoms with van der Waals surface area (Å²) in [5, 5.41) is 11.1. The molecule has 23 heavy (non-hydrogen) atoms. The summed E-state index contributed by atoms with van der Waals surface area (Å²) in [4.78, 5) is 0. The second-order valence-electron chi connectivity index (χ2n) is 5.79. The van der Waals surface area contributed by atoms with Crippen LogP contribution in [0, 0.1) is 0 Å². The lowest BCUT2D eigenvalue weighted by Crippen LogP contribution is -2.29. The summed E-state index contributed by atoms with van der Waals surface area (Å²) in [5.41, 5.74) is 8.60. The third kappa shape index (κ3) is 3.29. The van der Waals surface area contributed by atoms with Crippen LogP contribution in [0.4, 0.5) is 0 Å². The molecule has 0 bridgehead atoms. The van der Waals surface area contributed by atoms with Crippen LogP contribution in [0.5, 0.6) is 11.5 Å². The average Bonchev–Trinajstić information content (AvgIpc) is 2.90. The molecule has 1 fully saturated rings. The van der Waals surface area contributed by atoms with Gasteiger partial charge in [0.05, 0.1) is 12.6 Å². The summed E-state index contributed by atoms with van der Waals surface area (Å²) in [6.07, 6.45) is 0. The van der Waals surface area contributed by atoms with E-state index >= 15 is 0 Å². The normalized spacial score (nSPS) is 23.9. The number of aromatic hydroxyl groups is 1. The number of phenols is 1. The maximum absolute atomic E-state index is 10.4. The Balaban J connectivity index is 1.93. The molecular weight excluding hydrogens is 312 g/mol. The lowest BCUT2D eigenvalue weighted by molar-refractivity contribution is 0.336. The number of nitrogens with one attached hydrogen (secondary N) is 2. The first-order chi connectivity index (χ1) is 11.1. The Morgan fingerprint density at radius 2 is 1.87 bits per heavy atom. The van der Waals surface area contributed by atoms with E-state index in [1.807, 2.05) is 43.3 Å². The largest absolute Gasteiger partial charge is 0.507 e. The number of halogens is 1. The average molecular weight is 333 g/mol. The van der Waals surface area contributed by atoms with Crippen molar-refractivity contribution in [1.29, 1.82) is 0 Å². The highest BCUT2D eigenvalue weighted by Gasteiger charge is 2.36. The molecular formula is C18H21ClN2O2. The molecule has 3 N–H and O–H groups in total. The molecule has 3 rings (SSSR count). The lowest BCUT2D eigenvalue weighted by atomic mass is 9.84. The molecule has 0 amide bonds. The molecule has 1 heterocycles. The van der Waals surface area contributed by atoms with Crippen molar-refractivity contribution in [2.24, 2.45) is 0 Å². The number of phenolic OH excluding ortho intramolecular Hbond substituents is 1. The van der Waals surface area contributed by atoms with Crippen LogP contribution < -0.4 is 15.6 Å². The third-order valence-electron chi connectivity index (χ3n) is 4.27. The van der Waals surface area contributed by atoms with Gasteiger partial charge in [0.25, 0.3) is 0 Å². The van der Waals surface area contributed by atoms with Gasteiger partial charge in [-0.1, -0.05) is 29.8 Å². The molecule has 2 aromatic carbocycles. The molecule has 2 aromatic rings. The highest BCUT2D eigenvalue weighted by Crippen LogP contribution is 2.41. The van der Waals surface area contributed by atoms with Crippen molar-refractivity contribution in [3.05, 3.63) is 58.6 Å². The van der Waals surface area contributed by atoms with Crippen LogP contribution in [0.2, 0.25) is 5.02 Å². The van der Waals surface area contributed by atoms with E-state index in [1.54, 1.807) is 6.07 Å². The summed E-state index contributed by atoms with van der Waals surface area (Å²) >= 11 is 6.00. The molecule has 1 aliphatic heterocycles. The first-order valence-electron chi connectivity index (χ1n) is 7.82. The first kappa shape index (κ1) is 16.1. The van der Waals surface area contributed by atoms with Crippen LogP contribution in [0.3, 0.4) is 0 Å². The van der Waals surface area contributed by atoms with Gasteiger partial charge in [-0.3, -0.25) is 5.43 Å². The van der Waals surface area contributed by atoms with E-state index in [0.29, 0.717) is 12.4 Å². The van der Waals surface area contributed by atoms with E-state index in [-0.39, 0.29) is 23.8 Å². The first-order valence-corrected chi connectivity index (χ1v) is 8.20. The van der Waals surface area contributed by atoms with Gasteiger partial charge in [-0.15, -0.1) is 0 Å². The van der Waals surface area contributed by atoms with Crippen LogP contribution in [0.15, 0.2) is 42.5 Å². The number of hydrazine groups is 1. The van der Waals surface area contributed by atoms with Crippen molar-refractivity contribution >= 4 is 11.6 Å². The van der Waals surface area contributed by atoms with Gasteiger partial charge in [0, 0.05) is 28.6 Å². The SMILES string of the molecule is CCOc1ccc(C2NNC(C)C2c2ccc(Cl)cc2)c(O)c1. The summed E-state index contributed by atoms with van der Waals surface area (Å²) in [6.45, 7) is 4.62. The number of rotatable bonds is 4. The van der Waals surface area contributed by atoms with Crippen molar-refractivity contribution < 1.29 is 9.84 Å². The van der Waals surface area contributed by atoms with E-state index in [0.717, 1.165) is 10.6 Å². The Morgan fingerprint density at radius 1 is 1.13 bits per heavy atom. The Labute approximate surface area is 141 Å². The summed E-state index contributed by atoms with van der Waals surface area (Å²) in [7, 11) is 0. The molecule has 3 atom stereocenters. The Kier molecular flexibility index (Phi) is 4.76. The van der Waals surface area contributed by atoms with Gasteiger partial charge in [-0.05, 0) is 37.6 Å². The molecule has 122 valence electrons. The Bertz CT molecular complexity index is 675. The molecule has 1 aliphatic rings. The fourth-order valence-electron chi connectivity index (χ4n) is 3.17. The second-order valence-corrected chi connectivity index (χ2v) is 6.22. The van der Waals surface area contributed by atoms with Gasteiger partial charge in [0.15, 0.2) is 0 Å². The Hall–Kier alpha value is -1.75. The predicted octanol–water partition coefficient (Wildman–Crippen LogP) is 3.77. The van der Waals surface area contributed by atoms with Crippen molar-refractivity contribution in [3.63, 3.8) is 0 Å². The van der Waals surface area contributed by atoms with E-state index in [1.165, 1.54) is 5.56 Å². The van der Waals surface area contributed by atoms with Crippen molar-refractivity contribution in [2.75, 3.05) is 6.61 Å². The van der Waals surface area contributed by atoms with Crippen molar-refractivity contribution in [3.8, 4) is 11.5 Å². The molecule has 0 aromatic heterocycles. The summed E-state index contributed by atoms with van der Waals surface area (Å²) in [6, 6.07) is 13.6. The fraction of sp³-hybridized carbons (Fsp3) is 0.333. The molecule has 0 radical (unpaired) electrons. The molecule has 3 unspecified atom stereocenters. The number of hydrogen-bond acceptors (Lipinski definition) is 4. The highest BCUT2D eigenvalue weighted by molar-refractivity contribution is 6.30. The zero-order valence-corrected chi connectivity index (χ0v) is 14.0. The number of hydrogen-bond donors (Lipinski definition) is 3. The van der Waals surface area contributed by atoms with Crippen LogP contribution in [-0.4, -0.2) is 17.8 Å². The summed E-state index contributed by atoms with van der Waals surface area (Å²) < 4.78 is 5.44. The van der Waals surface area contributed by atoms with Crippen LogP contribution in [0.1, 0.15) is 36.9 Å². The maximum Gasteiger partial charge on any atom is 0.124 e. The zero-order valence-electron chi connectivity index (χ0n) is 13.2. The maximum atomic E-state index is 10.4. The quantitative estimate of drug-likeness (QED) is 0.798. The van der Waals surface area contributed by atoms with Gasteiger partial charge in [-0.2, -0.15) is 0 Å². The minimum absolute atomic E-state index is 0.0261. The molecule has 0 spiro atoms. The fourth-order valence-corrected chi connectivity index (χ4v) is 3.30. The van der Waals surface area contributed by atoms with Crippen LogP contribution in [0.25, 0.3) is 0 Å². The lowest BCUT2D eigenvalue weighted by Gasteiger charge is -2.23. The van der Waals surface area contributed by atoms with E-state index in [4.69, 9.17) is 16.3 Å². The number of ether oxygens (including phenoxy) is 1. The molecule has 1 saturated heterocycles. The van der Waals surface area contributed by atoms with Crippen LogP contribution >= 0.6 is 11.6 Å². The van der Waals surface area contributed by atoms with E-state index < -0.39 is 0 Å². The molecule has 0 aliphatic carbocycles. The standard InChI is InChI=1S/C18H21ClN2O2/c1-3-23-14-8-9-15(16(22)10-14)18-17(11(2)20-21-18)12-4-6-13(19)7-5-12/h4-11,17-18,20-22H,3H2,1-2H3. The van der Waals surface area contributed by atoms with Gasteiger partial charge in [-0.25, -0.2) is 5.43 Å². The van der Waals surface area contributed by atoms with Gasteiger partial charge >= 0.3 is 0 Å². The topological polar surface area (TPSA) is 53.5 Å². The third-order valence-corrected chi connectivity index (χ3v) is 4.52. The monoisotopic (exact) mass is 332 g/mol. The van der Waals surface area contributed by atoms with Crippen molar-refractivity contribution in [2.45, 2.75) is 31.8 Å². The van der Waals surface area contributed by atoms with E-state index in [9.17, 15) is 5.11 Å². The Morgan fingerprint density at radius 3 is 2.52 bits per heavy atom.